The molecule has 1 aromatic heterocycles. The normalized spacial score (nSPS) is 12.3. The lowest BCUT2D eigenvalue weighted by atomic mass is 10.1. The van der Waals surface area contributed by atoms with E-state index in [4.69, 9.17) is 11.6 Å². The number of hydrogen-bond donors (Lipinski definition) is 2. The van der Waals surface area contributed by atoms with Crippen LogP contribution in [0.3, 0.4) is 0 Å². The third kappa shape index (κ3) is 4.52. The van der Waals surface area contributed by atoms with Crippen molar-refractivity contribution in [1.82, 2.24) is 9.71 Å². The number of aryl methyl sites for hydroxylation is 1. The molecule has 0 fully saturated rings. The molecule has 1 heterocycles. The molecule has 0 bridgehead atoms. The number of sulfonamides is 1. The smallest absolute Gasteiger partial charge is 0.257 e. The van der Waals surface area contributed by atoms with E-state index in [0.717, 1.165) is 15.8 Å². The second kappa shape index (κ2) is 7.44. The predicted molar refractivity (Wildman–Crippen MR) is 114 cm³/mol. The number of nitrogens with zero attached hydrogens (tertiary/aromatic N) is 1. The first kappa shape index (κ1) is 20.7. The molecule has 3 rings (SSSR count). The summed E-state index contributed by atoms with van der Waals surface area (Å²) < 4.78 is 28.7. The van der Waals surface area contributed by atoms with Crippen LogP contribution in [0.5, 0.6) is 0 Å². The van der Waals surface area contributed by atoms with Gasteiger partial charge in [-0.05, 0) is 57.5 Å². The summed E-state index contributed by atoms with van der Waals surface area (Å²) in [4.78, 5) is 17.0. The Morgan fingerprint density at radius 2 is 1.89 bits per heavy atom. The molecule has 1 amide bonds. The topological polar surface area (TPSA) is 88.2 Å². The SMILES string of the molecule is Cc1cccc2sc(NC(=O)c3ccc(Cl)c(S(=O)(=O)NC(C)(C)C)c3)nc12. The van der Waals surface area contributed by atoms with E-state index in [1.54, 1.807) is 20.8 Å². The van der Waals surface area contributed by atoms with Crippen molar-refractivity contribution in [1.29, 1.82) is 0 Å². The number of amides is 1. The van der Waals surface area contributed by atoms with E-state index in [2.05, 4.69) is 15.0 Å². The second-order valence-electron chi connectivity index (χ2n) is 7.40. The molecule has 0 saturated carbocycles. The maximum absolute atomic E-state index is 12.6. The van der Waals surface area contributed by atoms with Gasteiger partial charge in [0.1, 0.15) is 4.90 Å². The lowest BCUT2D eigenvalue weighted by Gasteiger charge is -2.21. The Kier molecular flexibility index (Phi) is 5.51. The zero-order valence-corrected chi connectivity index (χ0v) is 18.2. The van der Waals surface area contributed by atoms with Crippen LogP contribution >= 0.6 is 22.9 Å². The van der Waals surface area contributed by atoms with Crippen molar-refractivity contribution in [3.63, 3.8) is 0 Å². The molecular weight excluding hydrogens is 418 g/mol. The third-order valence-corrected chi connectivity index (χ3v) is 6.94. The number of carbonyl (C=O) groups excluding carboxylic acids is 1. The first-order valence-corrected chi connectivity index (χ1v) is 11.1. The van der Waals surface area contributed by atoms with E-state index in [1.807, 2.05) is 25.1 Å². The number of para-hydroxylation sites is 1. The highest BCUT2D eigenvalue weighted by Gasteiger charge is 2.25. The zero-order chi connectivity index (χ0) is 20.7. The molecular formula is C19H20ClN3O3S2. The van der Waals surface area contributed by atoms with E-state index in [9.17, 15) is 13.2 Å². The number of thiazole rings is 1. The van der Waals surface area contributed by atoms with Crippen LogP contribution in [0.15, 0.2) is 41.3 Å². The van der Waals surface area contributed by atoms with Gasteiger partial charge in [0, 0.05) is 11.1 Å². The average Bonchev–Trinajstić information content (AvgIpc) is 2.96. The summed E-state index contributed by atoms with van der Waals surface area (Å²) in [6.07, 6.45) is 0. The van der Waals surface area contributed by atoms with Crippen molar-refractivity contribution in [2.45, 2.75) is 38.1 Å². The van der Waals surface area contributed by atoms with Gasteiger partial charge in [0.15, 0.2) is 5.13 Å². The molecule has 0 radical (unpaired) electrons. The van der Waals surface area contributed by atoms with Crippen LogP contribution in [0.25, 0.3) is 10.2 Å². The Hall–Kier alpha value is -2.00. The Morgan fingerprint density at radius 3 is 2.54 bits per heavy atom. The fourth-order valence-electron chi connectivity index (χ4n) is 2.62. The lowest BCUT2D eigenvalue weighted by Crippen LogP contribution is -2.40. The van der Waals surface area contributed by atoms with Crippen LogP contribution in [0.1, 0.15) is 36.7 Å². The number of hydrogen-bond acceptors (Lipinski definition) is 5. The zero-order valence-electron chi connectivity index (χ0n) is 15.8. The van der Waals surface area contributed by atoms with Gasteiger partial charge in [-0.3, -0.25) is 10.1 Å². The largest absolute Gasteiger partial charge is 0.298 e. The van der Waals surface area contributed by atoms with Crippen LogP contribution in [0.2, 0.25) is 5.02 Å². The highest BCUT2D eigenvalue weighted by molar-refractivity contribution is 7.89. The number of carbonyl (C=O) groups is 1. The molecule has 28 heavy (non-hydrogen) atoms. The number of anilines is 1. The average molecular weight is 438 g/mol. The molecule has 0 aliphatic carbocycles. The highest BCUT2D eigenvalue weighted by Crippen LogP contribution is 2.29. The summed E-state index contributed by atoms with van der Waals surface area (Å²) in [5.41, 5.74) is 1.34. The van der Waals surface area contributed by atoms with E-state index < -0.39 is 21.5 Å². The molecule has 9 heteroatoms. The molecule has 0 saturated heterocycles. The number of aromatic nitrogens is 1. The van der Waals surface area contributed by atoms with Crippen molar-refractivity contribution in [3.05, 3.63) is 52.5 Å². The molecule has 148 valence electrons. The van der Waals surface area contributed by atoms with Crippen molar-refractivity contribution >= 4 is 54.2 Å². The van der Waals surface area contributed by atoms with Gasteiger partial charge in [-0.25, -0.2) is 18.1 Å². The van der Waals surface area contributed by atoms with E-state index in [1.165, 1.54) is 29.5 Å². The number of fused-ring (bicyclic) bond motifs is 1. The molecule has 3 aromatic rings. The van der Waals surface area contributed by atoms with Crippen LogP contribution in [-0.2, 0) is 10.0 Å². The fourth-order valence-corrected chi connectivity index (χ4v) is 5.50. The molecule has 0 spiro atoms. The lowest BCUT2D eigenvalue weighted by molar-refractivity contribution is 0.102. The van der Waals surface area contributed by atoms with Crippen molar-refractivity contribution in [3.8, 4) is 0 Å². The highest BCUT2D eigenvalue weighted by atomic mass is 35.5. The maximum atomic E-state index is 12.6. The van der Waals surface area contributed by atoms with Gasteiger partial charge in [0.25, 0.3) is 5.91 Å². The summed E-state index contributed by atoms with van der Waals surface area (Å²) in [6.45, 7) is 7.13. The molecule has 2 N–H and O–H groups in total. The first-order valence-electron chi connectivity index (χ1n) is 8.47. The Balaban J connectivity index is 1.91. The van der Waals surface area contributed by atoms with Crippen molar-refractivity contribution in [2.24, 2.45) is 0 Å². The number of halogens is 1. The van der Waals surface area contributed by atoms with Crippen LogP contribution in [0, 0.1) is 6.92 Å². The monoisotopic (exact) mass is 437 g/mol. The van der Waals surface area contributed by atoms with Gasteiger partial charge in [0.2, 0.25) is 10.0 Å². The fraction of sp³-hybridized carbons (Fsp3) is 0.263. The molecule has 0 aliphatic heterocycles. The van der Waals surface area contributed by atoms with Crippen molar-refractivity contribution < 1.29 is 13.2 Å². The quantitative estimate of drug-likeness (QED) is 0.624. The molecule has 0 unspecified atom stereocenters. The second-order valence-corrected chi connectivity index (χ2v) is 10.5. The predicted octanol–water partition coefficient (Wildman–Crippen LogP) is 4.59. The summed E-state index contributed by atoms with van der Waals surface area (Å²) in [7, 11) is -3.88. The first-order chi connectivity index (χ1) is 13.0. The third-order valence-electron chi connectivity index (χ3n) is 3.76. The van der Waals surface area contributed by atoms with Crippen LogP contribution in [-0.4, -0.2) is 24.8 Å². The number of benzene rings is 2. The number of nitrogens with one attached hydrogen (secondary N) is 2. The van der Waals surface area contributed by atoms with Gasteiger partial charge < -0.3 is 0 Å². The number of rotatable bonds is 4. The van der Waals surface area contributed by atoms with Gasteiger partial charge in [-0.15, -0.1) is 0 Å². The minimum Gasteiger partial charge on any atom is -0.298 e. The minimum atomic E-state index is -3.88. The Labute approximate surface area is 173 Å². The van der Waals surface area contributed by atoms with Crippen LogP contribution < -0.4 is 10.0 Å². The summed E-state index contributed by atoms with van der Waals surface area (Å²) in [6, 6.07) is 9.96. The van der Waals surface area contributed by atoms with Gasteiger partial charge >= 0.3 is 0 Å². The molecule has 0 aliphatic rings. The minimum absolute atomic E-state index is 0.0453. The van der Waals surface area contributed by atoms with Gasteiger partial charge in [-0.1, -0.05) is 35.1 Å². The van der Waals surface area contributed by atoms with E-state index >= 15 is 0 Å². The Bertz CT molecular complexity index is 1160. The van der Waals surface area contributed by atoms with Gasteiger partial charge in [-0.2, -0.15) is 0 Å². The summed E-state index contributed by atoms with van der Waals surface area (Å²) in [5, 5.41) is 3.22. The maximum Gasteiger partial charge on any atom is 0.257 e. The Morgan fingerprint density at radius 1 is 1.18 bits per heavy atom. The van der Waals surface area contributed by atoms with Crippen LogP contribution in [0.4, 0.5) is 5.13 Å². The molecule has 0 atom stereocenters. The molecule has 2 aromatic carbocycles. The van der Waals surface area contributed by atoms with E-state index in [0.29, 0.717) is 5.13 Å². The molecule has 6 nitrogen and oxygen atoms in total. The standard InChI is InChI=1S/C19H20ClN3O3S2/c1-11-6-5-7-14-16(11)21-18(27-14)22-17(24)12-8-9-13(20)15(10-12)28(25,26)23-19(2,3)4/h5-10,23H,1-4H3,(H,21,22,24). The van der Waals surface area contributed by atoms with E-state index in [-0.39, 0.29) is 15.5 Å². The summed E-state index contributed by atoms with van der Waals surface area (Å²) >= 11 is 7.44. The summed E-state index contributed by atoms with van der Waals surface area (Å²) in [5.74, 6) is -0.458. The van der Waals surface area contributed by atoms with Gasteiger partial charge in [0.05, 0.1) is 15.2 Å². The van der Waals surface area contributed by atoms with Crippen molar-refractivity contribution in [2.75, 3.05) is 5.32 Å².